The molecule has 0 unspecified atom stereocenters. The van der Waals surface area contributed by atoms with E-state index in [4.69, 9.17) is 4.74 Å². The van der Waals surface area contributed by atoms with E-state index in [0.717, 1.165) is 6.42 Å². The molecule has 2 aromatic rings. The molecular weight excluding hydrogens is 246 g/mol. The number of nitrogens with one attached hydrogen (secondary N) is 2. The fourth-order valence-corrected chi connectivity index (χ4v) is 1.59. The van der Waals surface area contributed by atoms with Gasteiger partial charge in [-0.15, -0.1) is 10.2 Å². The van der Waals surface area contributed by atoms with Gasteiger partial charge < -0.3 is 10.1 Å². The lowest BCUT2D eigenvalue weighted by Crippen LogP contribution is -2.30. The van der Waals surface area contributed by atoms with Crippen LogP contribution in [0, 0.1) is 0 Å². The van der Waals surface area contributed by atoms with Crippen molar-refractivity contribution in [2.45, 2.75) is 13.3 Å². The standard InChI is InChI=1S/C12H17N5O2/c1-2-19-9-5-7-13-12(18)14-11-16-15-10-6-3-4-8-17(10)11/h3-4,6,8H,2,5,7,9H2,1H3,(H2,13,14,16,18). The Bertz CT molecular complexity index is 540. The van der Waals surface area contributed by atoms with Gasteiger partial charge in [0.2, 0.25) is 5.95 Å². The first-order chi connectivity index (χ1) is 9.31. The Morgan fingerprint density at radius 2 is 2.32 bits per heavy atom. The van der Waals surface area contributed by atoms with Gasteiger partial charge in [0.05, 0.1) is 0 Å². The van der Waals surface area contributed by atoms with Gasteiger partial charge in [-0.3, -0.25) is 9.72 Å². The number of carbonyl (C=O) groups excluding carboxylic acids is 1. The Balaban J connectivity index is 1.82. The van der Waals surface area contributed by atoms with Crippen LogP contribution in [0.1, 0.15) is 13.3 Å². The number of fused-ring (bicyclic) bond motifs is 1. The average Bonchev–Trinajstić information content (AvgIpc) is 2.82. The van der Waals surface area contributed by atoms with Crippen molar-refractivity contribution in [1.29, 1.82) is 0 Å². The molecule has 0 aliphatic heterocycles. The molecule has 0 saturated carbocycles. The molecule has 19 heavy (non-hydrogen) atoms. The quantitative estimate of drug-likeness (QED) is 0.769. The van der Waals surface area contributed by atoms with Crippen LogP contribution in [0.2, 0.25) is 0 Å². The summed E-state index contributed by atoms with van der Waals surface area (Å²) in [5, 5.41) is 13.2. The van der Waals surface area contributed by atoms with Crippen LogP contribution in [0.5, 0.6) is 0 Å². The molecule has 0 spiro atoms. The van der Waals surface area contributed by atoms with Gasteiger partial charge in [-0.25, -0.2) is 4.79 Å². The summed E-state index contributed by atoms with van der Waals surface area (Å²) in [6.45, 7) is 3.84. The second-order valence-electron chi connectivity index (χ2n) is 3.88. The maximum Gasteiger partial charge on any atom is 0.321 e. The lowest BCUT2D eigenvalue weighted by atomic mass is 10.4. The summed E-state index contributed by atoms with van der Waals surface area (Å²) in [6, 6.07) is 5.23. The van der Waals surface area contributed by atoms with Gasteiger partial charge in [0.1, 0.15) is 0 Å². The summed E-state index contributed by atoms with van der Waals surface area (Å²) in [5.74, 6) is 0.401. The maximum atomic E-state index is 11.6. The normalized spacial score (nSPS) is 10.6. The summed E-state index contributed by atoms with van der Waals surface area (Å²) >= 11 is 0. The molecule has 0 aliphatic rings. The molecule has 0 saturated heterocycles. The zero-order valence-electron chi connectivity index (χ0n) is 10.8. The highest BCUT2D eigenvalue weighted by molar-refractivity contribution is 5.87. The van der Waals surface area contributed by atoms with Crippen LogP contribution in [0.15, 0.2) is 24.4 Å². The van der Waals surface area contributed by atoms with Crippen molar-refractivity contribution < 1.29 is 9.53 Å². The van der Waals surface area contributed by atoms with E-state index in [1.807, 2.05) is 25.1 Å². The Morgan fingerprint density at radius 1 is 1.42 bits per heavy atom. The minimum atomic E-state index is -0.297. The third kappa shape index (κ3) is 3.65. The minimum absolute atomic E-state index is 0.297. The van der Waals surface area contributed by atoms with Crippen LogP contribution in [0.4, 0.5) is 10.7 Å². The summed E-state index contributed by atoms with van der Waals surface area (Å²) in [7, 11) is 0. The number of nitrogens with zero attached hydrogens (tertiary/aromatic N) is 3. The third-order valence-electron chi connectivity index (χ3n) is 2.49. The summed E-state index contributed by atoms with van der Waals surface area (Å²) < 4.78 is 6.89. The molecule has 2 rings (SSSR count). The molecule has 0 fully saturated rings. The lowest BCUT2D eigenvalue weighted by molar-refractivity contribution is 0.145. The zero-order valence-corrected chi connectivity index (χ0v) is 10.8. The molecular formula is C12H17N5O2. The number of anilines is 1. The molecule has 0 atom stereocenters. The lowest BCUT2D eigenvalue weighted by Gasteiger charge is -2.06. The number of urea groups is 1. The zero-order chi connectivity index (χ0) is 13.5. The van der Waals surface area contributed by atoms with E-state index in [9.17, 15) is 4.79 Å². The van der Waals surface area contributed by atoms with Crippen LogP contribution in [-0.4, -0.2) is 40.4 Å². The van der Waals surface area contributed by atoms with Crippen molar-refractivity contribution in [2.24, 2.45) is 0 Å². The van der Waals surface area contributed by atoms with Gasteiger partial charge in [0, 0.05) is 26.0 Å². The Morgan fingerprint density at radius 3 is 3.16 bits per heavy atom. The van der Waals surface area contributed by atoms with Crippen LogP contribution >= 0.6 is 0 Å². The summed E-state index contributed by atoms with van der Waals surface area (Å²) in [4.78, 5) is 11.6. The van der Waals surface area contributed by atoms with E-state index in [-0.39, 0.29) is 6.03 Å². The number of hydrogen-bond acceptors (Lipinski definition) is 4. The molecule has 0 aliphatic carbocycles. The molecule has 2 heterocycles. The smallest absolute Gasteiger partial charge is 0.321 e. The summed E-state index contributed by atoms with van der Waals surface area (Å²) in [6.07, 6.45) is 2.57. The van der Waals surface area contributed by atoms with Crippen LogP contribution in [-0.2, 0) is 4.74 Å². The first kappa shape index (κ1) is 13.3. The van der Waals surface area contributed by atoms with Crippen molar-refractivity contribution in [3.63, 3.8) is 0 Å². The SMILES string of the molecule is CCOCCCNC(=O)Nc1nnc2ccccn12. The largest absolute Gasteiger partial charge is 0.382 e. The van der Waals surface area contributed by atoms with E-state index >= 15 is 0 Å². The van der Waals surface area contributed by atoms with E-state index < -0.39 is 0 Å². The number of rotatable bonds is 6. The van der Waals surface area contributed by atoms with E-state index in [0.29, 0.717) is 31.4 Å². The van der Waals surface area contributed by atoms with E-state index in [1.54, 1.807) is 10.6 Å². The predicted octanol–water partition coefficient (Wildman–Crippen LogP) is 1.28. The van der Waals surface area contributed by atoms with Crippen molar-refractivity contribution in [3.05, 3.63) is 24.4 Å². The number of pyridine rings is 1. The van der Waals surface area contributed by atoms with Gasteiger partial charge in [0.15, 0.2) is 5.65 Å². The number of aromatic nitrogens is 3. The van der Waals surface area contributed by atoms with Gasteiger partial charge in [-0.1, -0.05) is 6.07 Å². The molecule has 2 aromatic heterocycles. The van der Waals surface area contributed by atoms with Crippen molar-refractivity contribution in [2.75, 3.05) is 25.1 Å². The van der Waals surface area contributed by atoms with Gasteiger partial charge in [-0.2, -0.15) is 0 Å². The number of carbonyl (C=O) groups is 1. The third-order valence-corrected chi connectivity index (χ3v) is 2.49. The summed E-state index contributed by atoms with van der Waals surface area (Å²) in [5.41, 5.74) is 0.689. The van der Waals surface area contributed by atoms with Crippen LogP contribution in [0.3, 0.4) is 0 Å². The molecule has 102 valence electrons. The predicted molar refractivity (Wildman–Crippen MR) is 71.1 cm³/mol. The second-order valence-corrected chi connectivity index (χ2v) is 3.88. The number of amides is 2. The molecule has 7 nitrogen and oxygen atoms in total. The monoisotopic (exact) mass is 263 g/mol. The first-order valence-corrected chi connectivity index (χ1v) is 6.23. The van der Waals surface area contributed by atoms with Gasteiger partial charge in [-0.05, 0) is 25.5 Å². The first-order valence-electron chi connectivity index (χ1n) is 6.23. The molecule has 0 radical (unpaired) electrons. The van der Waals surface area contributed by atoms with Gasteiger partial charge in [0.25, 0.3) is 0 Å². The highest BCUT2D eigenvalue weighted by atomic mass is 16.5. The number of hydrogen-bond donors (Lipinski definition) is 2. The Hall–Kier alpha value is -2.15. The highest BCUT2D eigenvalue weighted by Crippen LogP contribution is 2.06. The molecule has 7 heteroatoms. The Labute approximate surface area is 111 Å². The van der Waals surface area contributed by atoms with Gasteiger partial charge >= 0.3 is 6.03 Å². The molecule has 0 aromatic carbocycles. The van der Waals surface area contributed by atoms with Crippen LogP contribution in [0.25, 0.3) is 5.65 Å². The number of ether oxygens (including phenoxy) is 1. The van der Waals surface area contributed by atoms with Crippen molar-refractivity contribution in [3.8, 4) is 0 Å². The Kier molecular flexibility index (Phi) is 4.68. The maximum absolute atomic E-state index is 11.6. The minimum Gasteiger partial charge on any atom is -0.382 e. The fourth-order valence-electron chi connectivity index (χ4n) is 1.59. The molecule has 0 bridgehead atoms. The molecule has 2 N–H and O–H groups in total. The topological polar surface area (TPSA) is 80.5 Å². The van der Waals surface area contributed by atoms with E-state index in [1.165, 1.54) is 0 Å². The van der Waals surface area contributed by atoms with Crippen molar-refractivity contribution in [1.82, 2.24) is 19.9 Å². The fraction of sp³-hybridized carbons (Fsp3) is 0.417. The molecule has 2 amide bonds. The average molecular weight is 263 g/mol. The highest BCUT2D eigenvalue weighted by Gasteiger charge is 2.07. The van der Waals surface area contributed by atoms with Crippen LogP contribution < -0.4 is 10.6 Å². The van der Waals surface area contributed by atoms with Crippen molar-refractivity contribution >= 4 is 17.6 Å². The second kappa shape index (κ2) is 6.69. The van der Waals surface area contributed by atoms with E-state index in [2.05, 4.69) is 20.8 Å².